The number of carbonyl (C=O) groups excluding carboxylic acids is 1. The molecule has 1 aromatic heterocycles. The first kappa shape index (κ1) is 17.7. The molecule has 23 heavy (non-hydrogen) atoms. The van der Waals surface area contributed by atoms with E-state index in [2.05, 4.69) is 15.0 Å². The summed E-state index contributed by atoms with van der Waals surface area (Å²) in [7, 11) is -2.29. The SMILES string of the molecule is COc1ccc(NC(=O)C2(S(=O)(=O)NC(C)(C)C)CCC2)cn1. The lowest BCUT2D eigenvalue weighted by Gasteiger charge is -2.40. The number of ether oxygens (including phenoxy) is 1. The summed E-state index contributed by atoms with van der Waals surface area (Å²) in [5.41, 5.74) is -0.198. The number of pyridine rings is 1. The summed E-state index contributed by atoms with van der Waals surface area (Å²) in [6.45, 7) is 5.26. The van der Waals surface area contributed by atoms with E-state index in [1.807, 2.05) is 0 Å². The molecule has 1 fully saturated rings. The summed E-state index contributed by atoms with van der Waals surface area (Å²) >= 11 is 0. The molecule has 2 rings (SSSR count). The standard InChI is InChI=1S/C15H23N3O4S/c1-14(2,3)18-23(20,21)15(8-5-9-15)13(19)17-11-6-7-12(22-4)16-10-11/h6-7,10,18H,5,8-9H2,1-4H3,(H,17,19). The molecular weight excluding hydrogens is 318 g/mol. The highest BCUT2D eigenvalue weighted by Crippen LogP contribution is 2.40. The van der Waals surface area contributed by atoms with Gasteiger partial charge in [0, 0.05) is 11.6 Å². The largest absolute Gasteiger partial charge is 0.481 e. The van der Waals surface area contributed by atoms with Crippen molar-refractivity contribution in [3.63, 3.8) is 0 Å². The number of amides is 1. The smallest absolute Gasteiger partial charge is 0.247 e. The van der Waals surface area contributed by atoms with Gasteiger partial charge in [-0.2, -0.15) is 0 Å². The minimum atomic E-state index is -3.78. The Morgan fingerprint density at radius 2 is 1.96 bits per heavy atom. The van der Waals surface area contributed by atoms with E-state index in [1.165, 1.54) is 13.3 Å². The Kier molecular flexibility index (Phi) is 4.68. The molecular formula is C15H23N3O4S. The molecule has 1 aliphatic carbocycles. The third-order valence-electron chi connectivity index (χ3n) is 3.73. The zero-order chi connectivity index (χ0) is 17.3. The van der Waals surface area contributed by atoms with E-state index in [-0.39, 0.29) is 0 Å². The zero-order valence-corrected chi connectivity index (χ0v) is 14.7. The van der Waals surface area contributed by atoms with Crippen molar-refractivity contribution in [2.45, 2.75) is 50.3 Å². The topological polar surface area (TPSA) is 97.4 Å². The lowest BCUT2D eigenvalue weighted by molar-refractivity contribution is -0.120. The fraction of sp³-hybridized carbons (Fsp3) is 0.600. The number of hydrogen-bond donors (Lipinski definition) is 2. The molecule has 1 aliphatic rings. The molecule has 0 saturated heterocycles. The Bertz CT molecular complexity index is 674. The van der Waals surface area contributed by atoms with Crippen LogP contribution in [0.5, 0.6) is 5.88 Å². The molecule has 0 aliphatic heterocycles. The Hall–Kier alpha value is -1.67. The highest BCUT2D eigenvalue weighted by Gasteiger charge is 2.56. The Labute approximate surface area is 136 Å². The second kappa shape index (κ2) is 6.09. The van der Waals surface area contributed by atoms with Crippen LogP contribution in [0.4, 0.5) is 5.69 Å². The molecule has 128 valence electrons. The number of nitrogens with one attached hydrogen (secondary N) is 2. The van der Waals surface area contributed by atoms with Gasteiger partial charge in [-0.3, -0.25) is 4.79 Å². The van der Waals surface area contributed by atoms with E-state index in [0.717, 1.165) is 0 Å². The normalized spacial score (nSPS) is 17.2. The Morgan fingerprint density at radius 1 is 1.30 bits per heavy atom. The highest BCUT2D eigenvalue weighted by molar-refractivity contribution is 7.91. The van der Waals surface area contributed by atoms with Crippen molar-refractivity contribution >= 4 is 21.6 Å². The van der Waals surface area contributed by atoms with E-state index in [9.17, 15) is 13.2 Å². The van der Waals surface area contributed by atoms with E-state index >= 15 is 0 Å². The number of anilines is 1. The van der Waals surface area contributed by atoms with Crippen molar-refractivity contribution < 1.29 is 17.9 Å². The van der Waals surface area contributed by atoms with Crippen LogP contribution in [0.15, 0.2) is 18.3 Å². The lowest BCUT2D eigenvalue weighted by atomic mass is 9.83. The van der Waals surface area contributed by atoms with Crippen LogP contribution in [-0.2, 0) is 14.8 Å². The molecule has 0 atom stereocenters. The Balaban J connectivity index is 2.20. The van der Waals surface area contributed by atoms with Crippen molar-refractivity contribution in [3.05, 3.63) is 18.3 Å². The third kappa shape index (κ3) is 3.64. The van der Waals surface area contributed by atoms with Crippen molar-refractivity contribution in [3.8, 4) is 5.88 Å². The van der Waals surface area contributed by atoms with Crippen molar-refractivity contribution in [2.24, 2.45) is 0 Å². The van der Waals surface area contributed by atoms with Gasteiger partial charge in [-0.05, 0) is 46.1 Å². The summed E-state index contributed by atoms with van der Waals surface area (Å²) in [6, 6.07) is 3.23. The van der Waals surface area contributed by atoms with Gasteiger partial charge in [0.25, 0.3) is 0 Å². The number of rotatable bonds is 5. The number of nitrogens with zero attached hydrogens (tertiary/aromatic N) is 1. The first-order valence-corrected chi connectivity index (χ1v) is 8.93. The second-order valence-electron chi connectivity index (χ2n) is 6.75. The van der Waals surface area contributed by atoms with Gasteiger partial charge in [-0.1, -0.05) is 0 Å². The summed E-state index contributed by atoms with van der Waals surface area (Å²) in [5, 5.41) is 2.65. The van der Waals surface area contributed by atoms with Crippen LogP contribution in [0.1, 0.15) is 40.0 Å². The molecule has 0 spiro atoms. The molecule has 1 aromatic rings. The molecule has 7 nitrogen and oxygen atoms in total. The quantitative estimate of drug-likeness (QED) is 0.849. The van der Waals surface area contributed by atoms with Gasteiger partial charge in [-0.25, -0.2) is 18.1 Å². The number of aromatic nitrogens is 1. The third-order valence-corrected chi connectivity index (χ3v) is 6.24. The fourth-order valence-electron chi connectivity index (χ4n) is 2.44. The molecule has 8 heteroatoms. The van der Waals surface area contributed by atoms with Crippen molar-refractivity contribution in [1.29, 1.82) is 0 Å². The van der Waals surface area contributed by atoms with Gasteiger partial charge in [-0.15, -0.1) is 0 Å². The van der Waals surface area contributed by atoms with E-state index in [1.54, 1.807) is 32.9 Å². The average Bonchev–Trinajstić information content (AvgIpc) is 2.34. The van der Waals surface area contributed by atoms with Crippen molar-refractivity contribution in [2.75, 3.05) is 12.4 Å². The van der Waals surface area contributed by atoms with Crippen LogP contribution in [0.2, 0.25) is 0 Å². The van der Waals surface area contributed by atoms with Gasteiger partial charge in [0.1, 0.15) is 0 Å². The summed E-state index contributed by atoms with van der Waals surface area (Å²) in [6.07, 6.45) is 2.77. The van der Waals surface area contributed by atoms with Gasteiger partial charge in [0.15, 0.2) is 4.75 Å². The highest BCUT2D eigenvalue weighted by atomic mass is 32.2. The number of sulfonamides is 1. The molecule has 0 unspecified atom stereocenters. The molecule has 0 radical (unpaired) electrons. The van der Waals surface area contributed by atoms with Crippen LogP contribution in [0.3, 0.4) is 0 Å². The first-order chi connectivity index (χ1) is 10.6. The lowest BCUT2D eigenvalue weighted by Crippen LogP contribution is -2.61. The summed E-state index contributed by atoms with van der Waals surface area (Å²) in [5.74, 6) is -0.101. The maximum Gasteiger partial charge on any atom is 0.247 e. The molecule has 1 heterocycles. The number of carbonyl (C=O) groups is 1. The maximum atomic E-state index is 12.7. The summed E-state index contributed by atoms with van der Waals surface area (Å²) in [4.78, 5) is 16.6. The number of hydrogen-bond acceptors (Lipinski definition) is 5. The second-order valence-corrected chi connectivity index (χ2v) is 8.74. The monoisotopic (exact) mass is 341 g/mol. The average molecular weight is 341 g/mol. The minimum Gasteiger partial charge on any atom is -0.481 e. The Morgan fingerprint density at radius 3 is 2.35 bits per heavy atom. The van der Waals surface area contributed by atoms with Crippen LogP contribution in [0.25, 0.3) is 0 Å². The molecule has 0 aromatic carbocycles. The van der Waals surface area contributed by atoms with Crippen LogP contribution >= 0.6 is 0 Å². The summed E-state index contributed by atoms with van der Waals surface area (Å²) < 4.78 is 31.5. The molecule has 1 saturated carbocycles. The van der Waals surface area contributed by atoms with E-state index in [4.69, 9.17) is 4.74 Å². The van der Waals surface area contributed by atoms with Gasteiger partial charge in [0.2, 0.25) is 21.8 Å². The molecule has 0 bridgehead atoms. The van der Waals surface area contributed by atoms with E-state index < -0.39 is 26.2 Å². The minimum absolute atomic E-state index is 0.313. The molecule has 2 N–H and O–H groups in total. The van der Waals surface area contributed by atoms with Crippen LogP contribution < -0.4 is 14.8 Å². The molecule has 1 amide bonds. The maximum absolute atomic E-state index is 12.7. The van der Waals surface area contributed by atoms with Gasteiger partial charge in [0.05, 0.1) is 19.0 Å². The zero-order valence-electron chi connectivity index (χ0n) is 13.8. The van der Waals surface area contributed by atoms with Gasteiger partial charge >= 0.3 is 0 Å². The van der Waals surface area contributed by atoms with E-state index in [0.29, 0.717) is 30.8 Å². The van der Waals surface area contributed by atoms with Crippen molar-refractivity contribution in [1.82, 2.24) is 9.71 Å². The first-order valence-electron chi connectivity index (χ1n) is 7.45. The predicted octanol–water partition coefficient (Wildman–Crippen LogP) is 1.67. The van der Waals surface area contributed by atoms with Gasteiger partial charge < -0.3 is 10.1 Å². The van der Waals surface area contributed by atoms with Crippen LogP contribution in [0, 0.1) is 0 Å². The number of methoxy groups -OCH3 is 1. The van der Waals surface area contributed by atoms with Crippen LogP contribution in [-0.4, -0.2) is 36.7 Å². The fourth-order valence-corrected chi connectivity index (χ4v) is 4.56. The predicted molar refractivity (Wildman–Crippen MR) is 87.8 cm³/mol.